The standard InChI is InChI=1S/C14H16FIN2O/c15-11-2-1-3-12(16)13(11)14(19)18-10-6-8-4-5-9(7-10)17-8/h1-3,8-10,17H,4-7H2,(H,18,19). The van der Waals surface area contributed by atoms with Crippen molar-refractivity contribution in [3.8, 4) is 0 Å². The molecule has 1 aromatic carbocycles. The molecule has 5 heteroatoms. The number of hydrogen-bond acceptors (Lipinski definition) is 2. The van der Waals surface area contributed by atoms with Gasteiger partial charge in [-0.25, -0.2) is 4.39 Å². The zero-order valence-corrected chi connectivity index (χ0v) is 12.6. The summed E-state index contributed by atoms with van der Waals surface area (Å²) in [5.41, 5.74) is 0.175. The molecule has 3 nitrogen and oxygen atoms in total. The van der Waals surface area contributed by atoms with Crippen LogP contribution in [-0.2, 0) is 0 Å². The third-order valence-corrected chi connectivity index (χ3v) is 4.90. The summed E-state index contributed by atoms with van der Waals surface area (Å²) in [4.78, 5) is 12.2. The van der Waals surface area contributed by atoms with Crippen LogP contribution in [0.2, 0.25) is 0 Å². The van der Waals surface area contributed by atoms with Crippen LogP contribution < -0.4 is 10.6 Å². The first kappa shape index (κ1) is 13.3. The highest BCUT2D eigenvalue weighted by molar-refractivity contribution is 14.1. The first-order valence-electron chi connectivity index (χ1n) is 6.64. The molecular formula is C14H16FIN2O. The Morgan fingerprint density at radius 3 is 2.63 bits per heavy atom. The highest BCUT2D eigenvalue weighted by Gasteiger charge is 2.34. The number of carbonyl (C=O) groups excluding carboxylic acids is 1. The third-order valence-electron chi connectivity index (χ3n) is 4.00. The van der Waals surface area contributed by atoms with Crippen LogP contribution >= 0.6 is 22.6 Å². The predicted molar refractivity (Wildman–Crippen MR) is 79.6 cm³/mol. The van der Waals surface area contributed by atoms with Gasteiger partial charge in [-0.15, -0.1) is 0 Å². The molecule has 19 heavy (non-hydrogen) atoms. The van der Waals surface area contributed by atoms with E-state index in [1.165, 1.54) is 18.9 Å². The van der Waals surface area contributed by atoms with E-state index in [1.54, 1.807) is 12.1 Å². The average molecular weight is 374 g/mol. The minimum Gasteiger partial charge on any atom is -0.349 e. The SMILES string of the molecule is O=C(NC1CC2CCC(C1)N2)c1c(F)cccc1I. The van der Waals surface area contributed by atoms with Gasteiger partial charge in [0.2, 0.25) is 0 Å². The Morgan fingerprint density at radius 2 is 2.00 bits per heavy atom. The van der Waals surface area contributed by atoms with E-state index in [0.717, 1.165) is 12.8 Å². The predicted octanol–water partition coefficient (Wildman–Crippen LogP) is 2.44. The van der Waals surface area contributed by atoms with Crippen molar-refractivity contribution in [2.24, 2.45) is 0 Å². The van der Waals surface area contributed by atoms with Crippen LogP contribution in [0.4, 0.5) is 4.39 Å². The van der Waals surface area contributed by atoms with Gasteiger partial charge in [0, 0.05) is 21.7 Å². The number of carbonyl (C=O) groups is 1. The van der Waals surface area contributed by atoms with Crippen molar-refractivity contribution in [2.75, 3.05) is 0 Å². The number of hydrogen-bond donors (Lipinski definition) is 2. The van der Waals surface area contributed by atoms with Gasteiger partial charge in [-0.05, 0) is 60.4 Å². The van der Waals surface area contributed by atoms with Crippen LogP contribution in [-0.4, -0.2) is 24.0 Å². The number of benzene rings is 1. The molecule has 102 valence electrons. The molecule has 2 aliphatic rings. The molecule has 2 N–H and O–H groups in total. The van der Waals surface area contributed by atoms with Gasteiger partial charge in [-0.3, -0.25) is 4.79 Å². The number of nitrogens with one attached hydrogen (secondary N) is 2. The second-order valence-corrected chi connectivity index (χ2v) is 6.54. The Morgan fingerprint density at radius 1 is 1.32 bits per heavy atom. The molecule has 2 bridgehead atoms. The van der Waals surface area contributed by atoms with Gasteiger partial charge in [0.25, 0.3) is 5.91 Å². The number of piperidine rings is 1. The fourth-order valence-electron chi connectivity index (χ4n) is 3.15. The summed E-state index contributed by atoms with van der Waals surface area (Å²) in [7, 11) is 0. The van der Waals surface area contributed by atoms with Gasteiger partial charge in [0.15, 0.2) is 0 Å². The Balaban J connectivity index is 1.71. The van der Waals surface area contributed by atoms with E-state index in [0.29, 0.717) is 15.7 Å². The van der Waals surface area contributed by atoms with Crippen molar-refractivity contribution in [1.29, 1.82) is 0 Å². The molecule has 1 amide bonds. The summed E-state index contributed by atoms with van der Waals surface area (Å²) >= 11 is 2.00. The summed E-state index contributed by atoms with van der Waals surface area (Å²) in [5, 5.41) is 6.52. The van der Waals surface area contributed by atoms with Crippen molar-refractivity contribution < 1.29 is 9.18 Å². The molecule has 0 radical (unpaired) electrons. The highest BCUT2D eigenvalue weighted by atomic mass is 127. The quantitative estimate of drug-likeness (QED) is 0.781. The van der Waals surface area contributed by atoms with Crippen molar-refractivity contribution in [2.45, 2.75) is 43.8 Å². The van der Waals surface area contributed by atoms with Gasteiger partial charge in [-0.1, -0.05) is 6.07 Å². The third kappa shape index (κ3) is 2.76. The van der Waals surface area contributed by atoms with Crippen LogP contribution in [0, 0.1) is 9.39 Å². The maximum atomic E-state index is 13.7. The second kappa shape index (κ2) is 5.36. The van der Waals surface area contributed by atoms with E-state index in [-0.39, 0.29) is 17.5 Å². The molecule has 2 unspecified atom stereocenters. The van der Waals surface area contributed by atoms with Gasteiger partial charge >= 0.3 is 0 Å². The molecule has 1 aromatic rings. The minimum atomic E-state index is -0.443. The molecule has 2 aliphatic heterocycles. The number of halogens is 2. The van der Waals surface area contributed by atoms with Gasteiger partial charge in [0.1, 0.15) is 5.82 Å². The minimum absolute atomic E-state index is 0.168. The van der Waals surface area contributed by atoms with Crippen LogP contribution in [0.15, 0.2) is 18.2 Å². The summed E-state index contributed by atoms with van der Waals surface area (Å²) < 4.78 is 14.4. The number of amides is 1. The van der Waals surface area contributed by atoms with Crippen molar-refractivity contribution in [1.82, 2.24) is 10.6 Å². The van der Waals surface area contributed by atoms with Crippen LogP contribution in [0.1, 0.15) is 36.0 Å². The summed E-state index contributed by atoms with van der Waals surface area (Å²) in [5.74, 6) is -0.727. The van der Waals surface area contributed by atoms with Gasteiger partial charge in [-0.2, -0.15) is 0 Å². The number of fused-ring (bicyclic) bond motifs is 2. The largest absolute Gasteiger partial charge is 0.349 e. The zero-order chi connectivity index (χ0) is 13.4. The Labute approximate surface area is 125 Å². The lowest BCUT2D eigenvalue weighted by atomic mass is 9.99. The van der Waals surface area contributed by atoms with E-state index in [9.17, 15) is 9.18 Å². The lowest BCUT2D eigenvalue weighted by Gasteiger charge is -2.29. The monoisotopic (exact) mass is 374 g/mol. The van der Waals surface area contributed by atoms with E-state index in [2.05, 4.69) is 10.6 Å². The lowest BCUT2D eigenvalue weighted by molar-refractivity contribution is 0.0919. The van der Waals surface area contributed by atoms with Crippen LogP contribution in [0.25, 0.3) is 0 Å². The topological polar surface area (TPSA) is 41.1 Å². The summed E-state index contributed by atoms with van der Waals surface area (Å²) in [6.07, 6.45) is 4.28. The lowest BCUT2D eigenvalue weighted by Crippen LogP contribution is -2.48. The molecular weight excluding hydrogens is 358 g/mol. The maximum absolute atomic E-state index is 13.7. The summed E-state index contributed by atoms with van der Waals surface area (Å²) in [6.45, 7) is 0. The molecule has 0 aliphatic carbocycles. The zero-order valence-electron chi connectivity index (χ0n) is 10.5. The smallest absolute Gasteiger partial charge is 0.255 e. The normalized spacial score (nSPS) is 29.3. The van der Waals surface area contributed by atoms with Crippen LogP contribution in [0.3, 0.4) is 0 Å². The van der Waals surface area contributed by atoms with Crippen molar-refractivity contribution in [3.05, 3.63) is 33.1 Å². The van der Waals surface area contributed by atoms with E-state index >= 15 is 0 Å². The average Bonchev–Trinajstić information content (AvgIpc) is 2.68. The van der Waals surface area contributed by atoms with E-state index in [1.807, 2.05) is 22.6 Å². The molecule has 2 heterocycles. The van der Waals surface area contributed by atoms with E-state index in [4.69, 9.17) is 0 Å². The Bertz CT molecular complexity index is 476. The first-order valence-corrected chi connectivity index (χ1v) is 7.72. The molecule has 2 saturated heterocycles. The molecule has 2 fully saturated rings. The first-order chi connectivity index (χ1) is 9.13. The van der Waals surface area contributed by atoms with Crippen LogP contribution in [0.5, 0.6) is 0 Å². The highest BCUT2D eigenvalue weighted by Crippen LogP contribution is 2.27. The molecule has 0 aromatic heterocycles. The molecule has 2 atom stereocenters. The van der Waals surface area contributed by atoms with E-state index < -0.39 is 5.82 Å². The van der Waals surface area contributed by atoms with Crippen molar-refractivity contribution >= 4 is 28.5 Å². The summed E-state index contributed by atoms with van der Waals surface area (Å²) in [6, 6.07) is 5.92. The molecule has 0 spiro atoms. The fraction of sp³-hybridized carbons (Fsp3) is 0.500. The van der Waals surface area contributed by atoms with Gasteiger partial charge in [0.05, 0.1) is 5.56 Å². The fourth-order valence-corrected chi connectivity index (χ4v) is 3.86. The molecule has 3 rings (SSSR count). The Hall–Kier alpha value is -0.690. The van der Waals surface area contributed by atoms with Crippen molar-refractivity contribution in [3.63, 3.8) is 0 Å². The second-order valence-electron chi connectivity index (χ2n) is 5.38. The maximum Gasteiger partial charge on any atom is 0.255 e. The molecule has 0 saturated carbocycles. The number of rotatable bonds is 2. The van der Waals surface area contributed by atoms with Gasteiger partial charge < -0.3 is 10.6 Å². The Kier molecular flexibility index (Phi) is 3.75.